The van der Waals surface area contributed by atoms with Crippen LogP contribution >= 0.6 is 11.3 Å². The molecule has 0 aliphatic heterocycles. The summed E-state index contributed by atoms with van der Waals surface area (Å²) in [6.45, 7) is 9.98. The number of thiophene rings is 1. The molecule has 0 aromatic carbocycles. The van der Waals surface area contributed by atoms with Crippen LogP contribution in [0.2, 0.25) is 0 Å². The highest BCUT2D eigenvalue weighted by molar-refractivity contribution is 7.15. The molecule has 7 heteroatoms. The van der Waals surface area contributed by atoms with Gasteiger partial charge in [0.2, 0.25) is 11.8 Å². The van der Waals surface area contributed by atoms with Crippen molar-refractivity contribution in [2.75, 3.05) is 19.0 Å². The lowest BCUT2D eigenvalue weighted by Crippen LogP contribution is -2.51. The quantitative estimate of drug-likeness (QED) is 0.615. The molecule has 1 aromatic rings. The first-order chi connectivity index (χ1) is 14.9. The third-order valence-corrected chi connectivity index (χ3v) is 6.78. The van der Waals surface area contributed by atoms with E-state index >= 15 is 0 Å². The van der Waals surface area contributed by atoms with Crippen molar-refractivity contribution in [3.63, 3.8) is 0 Å². The fraction of sp³-hybridized carbons (Fsp3) is 0.640. The van der Waals surface area contributed by atoms with Crippen LogP contribution in [0.15, 0.2) is 6.07 Å². The molecule has 176 valence electrons. The summed E-state index contributed by atoms with van der Waals surface area (Å²) in [5, 5.41) is 9.91. The Kier molecular flexibility index (Phi) is 8.53. The highest BCUT2D eigenvalue weighted by Crippen LogP contribution is 2.37. The predicted octanol–water partition coefficient (Wildman–Crippen LogP) is 4.87. The Morgan fingerprint density at radius 2 is 1.78 bits per heavy atom. The first kappa shape index (κ1) is 25.9. The highest BCUT2D eigenvalue weighted by Gasteiger charge is 2.38. The largest absolute Gasteiger partial charge is 0.477 e. The minimum Gasteiger partial charge on any atom is -0.477 e. The van der Waals surface area contributed by atoms with Gasteiger partial charge >= 0.3 is 5.97 Å². The Bertz CT molecular complexity index is 909. The summed E-state index contributed by atoms with van der Waals surface area (Å²) in [7, 11) is 3.31. The Balaban J connectivity index is 2.61. The molecule has 1 aliphatic carbocycles. The average Bonchev–Trinajstić information content (AvgIpc) is 3.13. The van der Waals surface area contributed by atoms with E-state index in [1.165, 1.54) is 9.80 Å². The van der Waals surface area contributed by atoms with Crippen LogP contribution in [0.25, 0.3) is 0 Å². The molecule has 0 saturated heterocycles. The van der Waals surface area contributed by atoms with Crippen molar-refractivity contribution in [3.05, 3.63) is 15.8 Å². The van der Waals surface area contributed by atoms with Gasteiger partial charge in [-0.05, 0) is 64.9 Å². The number of rotatable bonds is 6. The van der Waals surface area contributed by atoms with E-state index < -0.39 is 12.0 Å². The SMILES string of the molecule is CC[C@@H](C(=O)N(C)C)N(c1cc(C#CC(C)(C)C)sc1C(=O)O)C(=O)[C@H]1CC[C@H](C)CC1. The molecule has 0 radical (unpaired) electrons. The molecule has 2 rings (SSSR count). The van der Waals surface area contributed by atoms with Crippen LogP contribution in [0.1, 0.15) is 81.3 Å². The van der Waals surface area contributed by atoms with Crippen LogP contribution in [0.4, 0.5) is 5.69 Å². The topological polar surface area (TPSA) is 77.9 Å². The van der Waals surface area contributed by atoms with Gasteiger partial charge in [-0.25, -0.2) is 4.79 Å². The van der Waals surface area contributed by atoms with Gasteiger partial charge in [0.15, 0.2) is 0 Å². The predicted molar refractivity (Wildman–Crippen MR) is 129 cm³/mol. The van der Waals surface area contributed by atoms with Crippen LogP contribution in [-0.2, 0) is 9.59 Å². The van der Waals surface area contributed by atoms with Crippen molar-refractivity contribution >= 4 is 34.8 Å². The third kappa shape index (κ3) is 6.35. The highest BCUT2D eigenvalue weighted by atomic mass is 32.1. The summed E-state index contributed by atoms with van der Waals surface area (Å²) in [5.41, 5.74) is 0.0423. The number of amides is 2. The number of carbonyl (C=O) groups excluding carboxylic acids is 2. The standard InChI is InChI=1S/C25H36N2O4S/c1-8-19(23(29)26(6)7)27(22(28)17-11-9-16(2)10-12-17)20-15-18(13-14-25(3,4)5)32-21(20)24(30)31/h15-17,19H,8-12H2,1-7H3,(H,30,31)/t16-,17-,19-/m0/s1. The van der Waals surface area contributed by atoms with E-state index in [0.717, 1.165) is 37.0 Å². The van der Waals surface area contributed by atoms with E-state index in [4.69, 9.17) is 0 Å². The monoisotopic (exact) mass is 460 g/mol. The number of carbonyl (C=O) groups is 3. The Labute approximate surface area is 196 Å². The van der Waals surface area contributed by atoms with Crippen molar-refractivity contribution < 1.29 is 19.5 Å². The maximum Gasteiger partial charge on any atom is 0.348 e. The van der Waals surface area contributed by atoms with Gasteiger partial charge < -0.3 is 10.0 Å². The van der Waals surface area contributed by atoms with Crippen molar-refractivity contribution in [1.82, 2.24) is 4.90 Å². The second-order valence-corrected chi connectivity index (χ2v) is 11.0. The summed E-state index contributed by atoms with van der Waals surface area (Å²) >= 11 is 1.06. The summed E-state index contributed by atoms with van der Waals surface area (Å²) < 4.78 is 0. The van der Waals surface area contributed by atoms with E-state index in [9.17, 15) is 19.5 Å². The number of anilines is 1. The first-order valence-corrected chi connectivity index (χ1v) is 12.1. The Hall–Kier alpha value is -2.33. The molecule has 1 saturated carbocycles. The normalized spacial score (nSPS) is 19.5. The number of carboxylic acids is 1. The number of likely N-dealkylation sites (N-methyl/N-ethyl adjacent to an activating group) is 1. The number of carboxylic acid groups (broad SMARTS) is 1. The molecule has 0 spiro atoms. The van der Waals surface area contributed by atoms with Gasteiger partial charge in [-0.2, -0.15) is 0 Å². The average molecular weight is 461 g/mol. The van der Waals surface area contributed by atoms with E-state index in [1.807, 2.05) is 27.7 Å². The van der Waals surface area contributed by atoms with Crippen LogP contribution in [0, 0.1) is 29.1 Å². The van der Waals surface area contributed by atoms with E-state index in [2.05, 4.69) is 18.8 Å². The molecule has 1 fully saturated rings. The Morgan fingerprint density at radius 1 is 1.19 bits per heavy atom. The number of aromatic carboxylic acids is 1. The maximum absolute atomic E-state index is 13.8. The van der Waals surface area contributed by atoms with Gasteiger partial charge in [0.25, 0.3) is 0 Å². The molecule has 0 bridgehead atoms. The fourth-order valence-corrected chi connectivity index (χ4v) is 4.78. The number of nitrogens with zero attached hydrogens (tertiary/aromatic N) is 2. The molecular weight excluding hydrogens is 424 g/mol. The third-order valence-electron chi connectivity index (χ3n) is 5.75. The van der Waals surface area contributed by atoms with Gasteiger partial charge in [-0.3, -0.25) is 14.5 Å². The van der Waals surface area contributed by atoms with Gasteiger partial charge in [0.1, 0.15) is 10.9 Å². The molecule has 6 nitrogen and oxygen atoms in total. The zero-order valence-corrected chi connectivity index (χ0v) is 21.1. The molecule has 2 amide bonds. The molecule has 1 heterocycles. The van der Waals surface area contributed by atoms with E-state index in [1.54, 1.807) is 20.2 Å². The molecule has 0 unspecified atom stereocenters. The van der Waals surface area contributed by atoms with Crippen LogP contribution in [0.5, 0.6) is 0 Å². The Morgan fingerprint density at radius 3 is 2.25 bits per heavy atom. The maximum atomic E-state index is 13.8. The lowest BCUT2D eigenvalue weighted by Gasteiger charge is -2.36. The van der Waals surface area contributed by atoms with Gasteiger partial charge in [-0.1, -0.05) is 25.7 Å². The summed E-state index contributed by atoms with van der Waals surface area (Å²) in [5.74, 6) is 5.07. The molecular formula is C25H36N2O4S. The second-order valence-electron chi connectivity index (χ2n) is 9.95. The summed E-state index contributed by atoms with van der Waals surface area (Å²) in [6, 6.07) is 0.912. The van der Waals surface area contributed by atoms with Gasteiger partial charge in [-0.15, -0.1) is 11.3 Å². The van der Waals surface area contributed by atoms with Gasteiger partial charge in [0, 0.05) is 25.4 Å². The molecule has 1 N–H and O–H groups in total. The zero-order valence-electron chi connectivity index (χ0n) is 20.3. The molecule has 32 heavy (non-hydrogen) atoms. The molecule has 1 aliphatic rings. The fourth-order valence-electron chi connectivity index (χ4n) is 3.93. The van der Waals surface area contributed by atoms with Crippen molar-refractivity contribution in [2.24, 2.45) is 17.3 Å². The molecule has 1 atom stereocenters. The number of hydrogen-bond donors (Lipinski definition) is 1. The van der Waals surface area contributed by atoms with Crippen LogP contribution in [0.3, 0.4) is 0 Å². The van der Waals surface area contributed by atoms with E-state index in [-0.39, 0.29) is 33.7 Å². The van der Waals surface area contributed by atoms with Crippen LogP contribution < -0.4 is 4.90 Å². The lowest BCUT2D eigenvalue weighted by atomic mass is 9.82. The zero-order chi connectivity index (χ0) is 24.2. The summed E-state index contributed by atoms with van der Waals surface area (Å²) in [4.78, 5) is 42.5. The minimum absolute atomic E-state index is 0.0470. The van der Waals surface area contributed by atoms with E-state index in [0.29, 0.717) is 17.2 Å². The molecule has 1 aromatic heterocycles. The van der Waals surface area contributed by atoms with Crippen molar-refractivity contribution in [2.45, 2.75) is 72.8 Å². The first-order valence-electron chi connectivity index (χ1n) is 11.3. The van der Waals surface area contributed by atoms with Crippen molar-refractivity contribution in [1.29, 1.82) is 0 Å². The smallest absolute Gasteiger partial charge is 0.348 e. The lowest BCUT2D eigenvalue weighted by molar-refractivity contribution is -0.133. The van der Waals surface area contributed by atoms with Crippen molar-refractivity contribution in [3.8, 4) is 11.8 Å². The van der Waals surface area contributed by atoms with Crippen LogP contribution in [-0.4, -0.2) is 47.9 Å². The number of hydrogen-bond acceptors (Lipinski definition) is 4. The minimum atomic E-state index is -1.11. The van der Waals surface area contributed by atoms with Gasteiger partial charge in [0.05, 0.1) is 10.6 Å². The second kappa shape index (κ2) is 10.5. The summed E-state index contributed by atoms with van der Waals surface area (Å²) in [6.07, 6.45) is 3.82.